The minimum absolute atomic E-state index is 0.171. The maximum atomic E-state index is 15.0. The number of methoxy groups -OCH3 is 1. The summed E-state index contributed by atoms with van der Waals surface area (Å²) in [4.78, 5) is 0. The second-order valence-corrected chi connectivity index (χ2v) is 9.53. The van der Waals surface area contributed by atoms with Crippen LogP contribution in [0.2, 0.25) is 0 Å². The summed E-state index contributed by atoms with van der Waals surface area (Å²) < 4.78 is 63.3. The molecule has 0 N–H and O–H groups in total. The molecular weight excluding hydrogens is 476 g/mol. The van der Waals surface area contributed by atoms with Gasteiger partial charge in [-0.25, -0.2) is 13.2 Å². The molecule has 0 bridgehead atoms. The Morgan fingerprint density at radius 3 is 2.00 bits per heavy atom. The van der Waals surface area contributed by atoms with E-state index in [0.29, 0.717) is 12.3 Å². The Bertz CT molecular complexity index is 1290. The number of hydrogen-bond acceptors (Lipinski definition) is 1. The van der Waals surface area contributed by atoms with E-state index in [1.54, 1.807) is 0 Å². The van der Waals surface area contributed by atoms with Crippen molar-refractivity contribution in [2.24, 2.45) is 5.92 Å². The van der Waals surface area contributed by atoms with Gasteiger partial charge in [0, 0.05) is 16.7 Å². The van der Waals surface area contributed by atoms with E-state index >= 15 is 4.39 Å². The first-order valence-corrected chi connectivity index (χ1v) is 12.9. The molecule has 0 amide bonds. The van der Waals surface area contributed by atoms with E-state index in [0.717, 1.165) is 44.1 Å². The van der Waals surface area contributed by atoms with Gasteiger partial charge >= 0.3 is 0 Å². The summed E-state index contributed by atoms with van der Waals surface area (Å²) in [7, 11) is 1.21. The summed E-state index contributed by atoms with van der Waals surface area (Å²) in [6.07, 6.45) is 12.8. The molecule has 0 spiro atoms. The van der Waals surface area contributed by atoms with Gasteiger partial charge in [0.25, 0.3) is 0 Å². The summed E-state index contributed by atoms with van der Waals surface area (Å²) in [6.45, 7) is 2.18. The lowest BCUT2D eigenvalue weighted by atomic mass is 9.85. The summed E-state index contributed by atoms with van der Waals surface area (Å²) in [5.41, 5.74) is 2.94. The molecule has 0 aliphatic heterocycles. The van der Waals surface area contributed by atoms with Crippen molar-refractivity contribution in [3.05, 3.63) is 107 Å². The number of aryl methyl sites for hydroxylation is 2. The zero-order valence-corrected chi connectivity index (χ0v) is 21.3. The first-order valence-electron chi connectivity index (χ1n) is 12.9. The van der Waals surface area contributed by atoms with Crippen LogP contribution in [0.4, 0.5) is 17.6 Å². The van der Waals surface area contributed by atoms with Crippen molar-refractivity contribution in [3.8, 4) is 16.9 Å². The van der Waals surface area contributed by atoms with Crippen LogP contribution in [0, 0.1) is 29.2 Å². The molecule has 0 radical (unpaired) electrons. The molecule has 1 atom stereocenters. The highest BCUT2D eigenvalue weighted by Crippen LogP contribution is 2.37. The molecule has 0 aromatic heterocycles. The average Bonchev–Trinajstić information content (AvgIpc) is 2.91. The number of halogens is 4. The molecule has 1 nitrogen and oxygen atoms in total. The van der Waals surface area contributed by atoms with Crippen LogP contribution in [0.5, 0.6) is 5.75 Å². The van der Waals surface area contributed by atoms with Gasteiger partial charge in [0.05, 0.1) is 7.11 Å². The highest BCUT2D eigenvalue weighted by molar-refractivity contribution is 5.72. The Labute approximate surface area is 216 Å². The highest BCUT2D eigenvalue weighted by Gasteiger charge is 2.23. The third-order valence-electron chi connectivity index (χ3n) is 7.01. The molecule has 5 heteroatoms. The van der Waals surface area contributed by atoms with E-state index in [9.17, 15) is 13.2 Å². The molecule has 37 heavy (non-hydrogen) atoms. The summed E-state index contributed by atoms with van der Waals surface area (Å²) in [6, 6.07) is 13.9. The zero-order chi connectivity index (χ0) is 26.4. The summed E-state index contributed by atoms with van der Waals surface area (Å²) in [5.74, 6) is -4.67. The molecule has 4 rings (SSSR count). The molecule has 0 fully saturated rings. The van der Waals surface area contributed by atoms with Crippen LogP contribution >= 0.6 is 0 Å². The smallest absolute Gasteiger partial charge is 0.201 e. The SMILES string of the molecule is CCCc1ccc(CCC=CC2CC=C(c3ccc(-c4ccc(OC)c(F)c4F)c(F)c3F)CC2)cc1. The Balaban J connectivity index is 1.39. The minimum Gasteiger partial charge on any atom is -0.494 e. The van der Waals surface area contributed by atoms with Gasteiger partial charge in [-0.05, 0) is 73.3 Å². The van der Waals surface area contributed by atoms with Crippen LogP contribution in [0.25, 0.3) is 16.7 Å². The number of benzene rings is 3. The van der Waals surface area contributed by atoms with Gasteiger partial charge in [-0.15, -0.1) is 0 Å². The molecular formula is C32H32F4O. The minimum atomic E-state index is -1.27. The van der Waals surface area contributed by atoms with Crippen molar-refractivity contribution >= 4 is 5.57 Å². The number of rotatable bonds is 9. The van der Waals surface area contributed by atoms with Gasteiger partial charge in [-0.1, -0.05) is 68.0 Å². The van der Waals surface area contributed by atoms with Crippen molar-refractivity contribution in [1.82, 2.24) is 0 Å². The van der Waals surface area contributed by atoms with Crippen LogP contribution < -0.4 is 4.74 Å². The van der Waals surface area contributed by atoms with Gasteiger partial charge in [0.2, 0.25) is 5.82 Å². The molecule has 1 aliphatic carbocycles. The van der Waals surface area contributed by atoms with E-state index in [-0.39, 0.29) is 22.4 Å². The molecule has 0 saturated heterocycles. The second-order valence-electron chi connectivity index (χ2n) is 9.53. The Kier molecular flexibility index (Phi) is 8.86. The predicted molar refractivity (Wildman–Crippen MR) is 141 cm³/mol. The summed E-state index contributed by atoms with van der Waals surface area (Å²) >= 11 is 0. The molecule has 3 aromatic carbocycles. The third-order valence-corrected chi connectivity index (χ3v) is 7.01. The van der Waals surface area contributed by atoms with E-state index in [1.165, 1.54) is 42.5 Å². The average molecular weight is 509 g/mol. The molecule has 1 aliphatic rings. The number of allylic oxidation sites excluding steroid dienone is 4. The zero-order valence-electron chi connectivity index (χ0n) is 21.3. The van der Waals surface area contributed by atoms with Crippen LogP contribution in [-0.4, -0.2) is 7.11 Å². The quantitative estimate of drug-likeness (QED) is 0.207. The van der Waals surface area contributed by atoms with Crippen LogP contribution in [-0.2, 0) is 12.8 Å². The van der Waals surface area contributed by atoms with E-state index in [4.69, 9.17) is 4.74 Å². The first kappa shape index (κ1) is 26.7. The van der Waals surface area contributed by atoms with Gasteiger partial charge in [-0.2, -0.15) is 4.39 Å². The van der Waals surface area contributed by atoms with E-state index in [2.05, 4.69) is 43.3 Å². The van der Waals surface area contributed by atoms with Crippen LogP contribution in [0.1, 0.15) is 55.7 Å². The number of ether oxygens (including phenoxy) is 1. The standard InChI is InChI=1S/C32H32F4O/c1-3-6-21-9-11-22(12-10-21)7-4-5-8-23-13-15-24(16-14-23)25-17-18-26(30(34)29(25)33)27-19-20-28(37-2)32(36)31(27)35/h5,8-12,15,17-20,23H,3-4,6-7,13-14,16H2,1-2H3. The van der Waals surface area contributed by atoms with Crippen molar-refractivity contribution in [2.45, 2.75) is 51.9 Å². The molecule has 0 saturated carbocycles. The summed E-state index contributed by atoms with van der Waals surface area (Å²) in [5, 5.41) is 0. The maximum absolute atomic E-state index is 15.0. The first-order chi connectivity index (χ1) is 17.9. The Morgan fingerprint density at radius 1 is 0.784 bits per heavy atom. The van der Waals surface area contributed by atoms with Gasteiger partial charge < -0.3 is 4.74 Å². The van der Waals surface area contributed by atoms with Crippen LogP contribution in [0.3, 0.4) is 0 Å². The fourth-order valence-electron chi connectivity index (χ4n) is 4.88. The topological polar surface area (TPSA) is 9.23 Å². The van der Waals surface area contributed by atoms with E-state index in [1.807, 2.05) is 6.08 Å². The lowest BCUT2D eigenvalue weighted by Gasteiger charge is -2.20. The predicted octanol–water partition coefficient (Wildman–Crippen LogP) is 9.24. The Hall–Kier alpha value is -3.34. The molecule has 1 unspecified atom stereocenters. The van der Waals surface area contributed by atoms with Gasteiger partial charge in [-0.3, -0.25) is 0 Å². The van der Waals surface area contributed by atoms with Gasteiger partial charge in [0.15, 0.2) is 23.2 Å². The van der Waals surface area contributed by atoms with Crippen molar-refractivity contribution < 1.29 is 22.3 Å². The highest BCUT2D eigenvalue weighted by atomic mass is 19.2. The van der Waals surface area contributed by atoms with Crippen LogP contribution in [0.15, 0.2) is 66.8 Å². The molecule has 0 heterocycles. The Morgan fingerprint density at radius 2 is 1.38 bits per heavy atom. The monoisotopic (exact) mass is 508 g/mol. The number of hydrogen-bond donors (Lipinski definition) is 0. The van der Waals surface area contributed by atoms with Crippen molar-refractivity contribution in [2.75, 3.05) is 7.11 Å². The fraction of sp³-hybridized carbons (Fsp3) is 0.312. The molecule has 3 aromatic rings. The largest absolute Gasteiger partial charge is 0.494 e. The molecule has 194 valence electrons. The van der Waals surface area contributed by atoms with Gasteiger partial charge in [0.1, 0.15) is 0 Å². The fourth-order valence-corrected chi connectivity index (χ4v) is 4.88. The lowest BCUT2D eigenvalue weighted by Crippen LogP contribution is -2.05. The third kappa shape index (κ3) is 6.15. The maximum Gasteiger partial charge on any atom is 0.201 e. The normalized spacial score (nSPS) is 15.7. The lowest BCUT2D eigenvalue weighted by molar-refractivity contribution is 0.372. The second kappa shape index (κ2) is 12.3. The van der Waals surface area contributed by atoms with E-state index < -0.39 is 23.3 Å². The van der Waals surface area contributed by atoms with Crippen molar-refractivity contribution in [3.63, 3.8) is 0 Å². The van der Waals surface area contributed by atoms with Crippen molar-refractivity contribution in [1.29, 1.82) is 0 Å².